The van der Waals surface area contributed by atoms with Gasteiger partial charge in [0.25, 0.3) is 5.91 Å². The molecule has 4 rings (SSSR count). The van der Waals surface area contributed by atoms with Crippen LogP contribution in [0.2, 0.25) is 0 Å². The molecule has 2 aliphatic heterocycles. The van der Waals surface area contributed by atoms with Crippen molar-refractivity contribution >= 4 is 39.1 Å². The molecule has 158 valence electrons. The lowest BCUT2D eigenvalue weighted by molar-refractivity contribution is -0.137. The highest BCUT2D eigenvalue weighted by atomic mass is 79.9. The summed E-state index contributed by atoms with van der Waals surface area (Å²) >= 11 is 3.35. The Labute approximate surface area is 180 Å². The summed E-state index contributed by atoms with van der Waals surface area (Å²) < 4.78 is 39.7. The van der Waals surface area contributed by atoms with Gasteiger partial charge in [0.15, 0.2) is 0 Å². The van der Waals surface area contributed by atoms with Gasteiger partial charge in [0.05, 0.1) is 23.7 Å². The number of benzene rings is 2. The summed E-state index contributed by atoms with van der Waals surface area (Å²) in [6.45, 7) is 1.95. The molecule has 0 bridgehead atoms. The van der Waals surface area contributed by atoms with Crippen molar-refractivity contribution in [1.82, 2.24) is 4.90 Å². The number of carbonyl (C=O) groups is 2. The molecule has 30 heavy (non-hydrogen) atoms. The minimum Gasteiger partial charge on any atom is -0.369 e. The molecule has 2 saturated heterocycles. The SMILES string of the molecule is O=C1C[C@H](N2CCN(c3cccc(C(F)(F)F)c3)CC2)C(=O)N1c1cccc(Br)c1. The number of nitrogens with zero attached hydrogens (tertiary/aromatic N) is 3. The van der Waals surface area contributed by atoms with Crippen LogP contribution in [0.5, 0.6) is 0 Å². The topological polar surface area (TPSA) is 43.9 Å². The predicted octanol–water partition coefficient (Wildman–Crippen LogP) is 3.92. The Morgan fingerprint density at radius 3 is 2.23 bits per heavy atom. The lowest BCUT2D eigenvalue weighted by Crippen LogP contribution is -2.52. The van der Waals surface area contributed by atoms with Crippen LogP contribution in [0, 0.1) is 0 Å². The van der Waals surface area contributed by atoms with E-state index in [0.29, 0.717) is 37.6 Å². The van der Waals surface area contributed by atoms with Gasteiger partial charge in [-0.3, -0.25) is 14.5 Å². The maximum absolute atomic E-state index is 13.0. The van der Waals surface area contributed by atoms with E-state index in [1.165, 1.54) is 11.0 Å². The van der Waals surface area contributed by atoms with E-state index >= 15 is 0 Å². The Balaban J connectivity index is 1.44. The first-order valence-corrected chi connectivity index (χ1v) is 10.3. The van der Waals surface area contributed by atoms with Gasteiger partial charge in [0.1, 0.15) is 0 Å². The van der Waals surface area contributed by atoms with E-state index in [9.17, 15) is 22.8 Å². The van der Waals surface area contributed by atoms with Crippen molar-refractivity contribution in [2.75, 3.05) is 36.0 Å². The Kier molecular flexibility index (Phi) is 5.59. The number of rotatable bonds is 3. The molecular weight excluding hydrogens is 463 g/mol. The number of anilines is 2. The molecule has 2 amide bonds. The standard InChI is InChI=1S/C21H19BrF3N3O2/c22-15-4-2-6-17(12-15)28-19(29)13-18(20(28)30)27-9-7-26(8-10-27)16-5-1-3-14(11-16)21(23,24)25/h1-6,11-12,18H,7-10,13H2/t18-/m0/s1. The smallest absolute Gasteiger partial charge is 0.369 e. The maximum atomic E-state index is 13.0. The monoisotopic (exact) mass is 481 g/mol. The van der Waals surface area contributed by atoms with Crippen molar-refractivity contribution in [3.8, 4) is 0 Å². The van der Waals surface area contributed by atoms with Crippen molar-refractivity contribution in [3.63, 3.8) is 0 Å². The highest BCUT2D eigenvalue weighted by molar-refractivity contribution is 9.10. The molecule has 0 aliphatic carbocycles. The summed E-state index contributed by atoms with van der Waals surface area (Å²) in [5.74, 6) is -0.506. The minimum atomic E-state index is -4.38. The van der Waals surface area contributed by atoms with E-state index in [1.54, 1.807) is 24.3 Å². The van der Waals surface area contributed by atoms with E-state index in [0.717, 1.165) is 16.6 Å². The number of alkyl halides is 3. The summed E-state index contributed by atoms with van der Waals surface area (Å²) in [6.07, 6.45) is -4.28. The third-order valence-corrected chi connectivity index (χ3v) is 5.98. The molecule has 2 heterocycles. The molecule has 1 atom stereocenters. The van der Waals surface area contributed by atoms with Crippen LogP contribution < -0.4 is 9.80 Å². The van der Waals surface area contributed by atoms with Gasteiger partial charge in [-0.25, -0.2) is 4.90 Å². The van der Waals surface area contributed by atoms with Gasteiger partial charge < -0.3 is 4.90 Å². The van der Waals surface area contributed by atoms with Crippen LogP contribution in [0.15, 0.2) is 53.0 Å². The minimum absolute atomic E-state index is 0.106. The molecule has 0 radical (unpaired) electrons. The van der Waals surface area contributed by atoms with E-state index < -0.39 is 17.8 Å². The second-order valence-corrected chi connectivity index (χ2v) is 8.25. The van der Waals surface area contributed by atoms with E-state index in [-0.39, 0.29) is 18.2 Å². The summed E-state index contributed by atoms with van der Waals surface area (Å²) in [5, 5.41) is 0. The van der Waals surface area contributed by atoms with Crippen LogP contribution >= 0.6 is 15.9 Å². The van der Waals surface area contributed by atoms with Crippen LogP contribution in [-0.2, 0) is 15.8 Å². The second-order valence-electron chi connectivity index (χ2n) is 7.34. The van der Waals surface area contributed by atoms with Gasteiger partial charge in [-0.05, 0) is 36.4 Å². The molecule has 2 aromatic carbocycles. The fraction of sp³-hybridized carbons (Fsp3) is 0.333. The Hall–Kier alpha value is -2.39. The highest BCUT2D eigenvalue weighted by Gasteiger charge is 2.43. The van der Waals surface area contributed by atoms with Crippen molar-refractivity contribution in [3.05, 3.63) is 58.6 Å². The second kappa shape index (κ2) is 8.03. The molecular formula is C21H19BrF3N3O2. The highest BCUT2D eigenvalue weighted by Crippen LogP contribution is 2.32. The first-order chi connectivity index (χ1) is 14.2. The Bertz CT molecular complexity index is 974. The molecule has 2 fully saturated rings. The zero-order chi connectivity index (χ0) is 21.5. The van der Waals surface area contributed by atoms with Crippen LogP contribution in [0.4, 0.5) is 24.5 Å². The van der Waals surface area contributed by atoms with Gasteiger partial charge in [-0.15, -0.1) is 0 Å². The lowest BCUT2D eigenvalue weighted by atomic mass is 10.1. The van der Waals surface area contributed by atoms with Crippen LogP contribution in [0.1, 0.15) is 12.0 Å². The summed E-state index contributed by atoms with van der Waals surface area (Å²) in [7, 11) is 0. The quantitative estimate of drug-likeness (QED) is 0.623. The molecule has 2 aliphatic rings. The summed E-state index contributed by atoms with van der Waals surface area (Å²) in [6, 6.07) is 11.7. The first-order valence-electron chi connectivity index (χ1n) is 9.52. The fourth-order valence-corrected chi connectivity index (χ4v) is 4.35. The Morgan fingerprint density at radius 1 is 0.900 bits per heavy atom. The molecule has 5 nitrogen and oxygen atoms in total. The maximum Gasteiger partial charge on any atom is 0.416 e. The van der Waals surface area contributed by atoms with Crippen molar-refractivity contribution in [1.29, 1.82) is 0 Å². The molecule has 0 aromatic heterocycles. The molecule has 0 saturated carbocycles. The number of hydrogen-bond donors (Lipinski definition) is 0. The Morgan fingerprint density at radius 2 is 1.57 bits per heavy atom. The van der Waals surface area contributed by atoms with Gasteiger partial charge in [0.2, 0.25) is 5.91 Å². The molecule has 0 spiro atoms. The van der Waals surface area contributed by atoms with Gasteiger partial charge >= 0.3 is 6.18 Å². The third kappa shape index (κ3) is 4.09. The van der Waals surface area contributed by atoms with Crippen LogP contribution in [-0.4, -0.2) is 48.9 Å². The van der Waals surface area contributed by atoms with Crippen molar-refractivity contribution < 1.29 is 22.8 Å². The van der Waals surface area contributed by atoms with Crippen molar-refractivity contribution in [2.45, 2.75) is 18.6 Å². The zero-order valence-electron chi connectivity index (χ0n) is 15.9. The molecule has 2 aromatic rings. The average Bonchev–Trinajstić information content (AvgIpc) is 3.01. The van der Waals surface area contributed by atoms with Crippen molar-refractivity contribution in [2.24, 2.45) is 0 Å². The fourth-order valence-electron chi connectivity index (χ4n) is 3.96. The van der Waals surface area contributed by atoms with E-state index in [1.807, 2.05) is 15.9 Å². The first kappa shape index (κ1) is 20.9. The number of amides is 2. The lowest BCUT2D eigenvalue weighted by Gasteiger charge is -2.38. The van der Waals surface area contributed by atoms with Crippen LogP contribution in [0.25, 0.3) is 0 Å². The van der Waals surface area contributed by atoms with E-state index in [4.69, 9.17) is 0 Å². The number of halogens is 4. The number of carbonyl (C=O) groups excluding carboxylic acids is 2. The predicted molar refractivity (Wildman–Crippen MR) is 110 cm³/mol. The average molecular weight is 482 g/mol. The number of imide groups is 1. The zero-order valence-corrected chi connectivity index (χ0v) is 17.5. The molecule has 0 unspecified atom stereocenters. The molecule has 9 heteroatoms. The summed E-state index contributed by atoms with van der Waals surface area (Å²) in [4.78, 5) is 30.5. The van der Waals surface area contributed by atoms with Gasteiger partial charge in [-0.1, -0.05) is 28.1 Å². The third-order valence-electron chi connectivity index (χ3n) is 5.48. The number of hydrogen-bond acceptors (Lipinski definition) is 4. The van der Waals surface area contributed by atoms with Gasteiger partial charge in [-0.2, -0.15) is 13.2 Å². The normalized spacial score (nSPS) is 20.9. The van der Waals surface area contributed by atoms with Gasteiger partial charge in [0, 0.05) is 36.3 Å². The molecule has 0 N–H and O–H groups in total. The largest absolute Gasteiger partial charge is 0.416 e. The number of piperazine rings is 1. The van der Waals surface area contributed by atoms with E-state index in [2.05, 4.69) is 15.9 Å². The summed E-state index contributed by atoms with van der Waals surface area (Å²) in [5.41, 5.74) is 0.363. The van der Waals surface area contributed by atoms with Crippen LogP contribution in [0.3, 0.4) is 0 Å².